The van der Waals surface area contributed by atoms with Crippen LogP contribution in [-0.2, 0) is 6.54 Å². The van der Waals surface area contributed by atoms with Crippen molar-refractivity contribution >= 4 is 5.90 Å². The Hall–Kier alpha value is -2.07. The molecule has 0 heterocycles. The van der Waals surface area contributed by atoms with Gasteiger partial charge in [0.25, 0.3) is 0 Å². The third-order valence-electron chi connectivity index (χ3n) is 2.28. The fourth-order valence-electron chi connectivity index (χ4n) is 1.33. The molecule has 0 aliphatic heterocycles. The smallest absolute Gasteiger partial charge is 0.220 e. The summed E-state index contributed by atoms with van der Waals surface area (Å²) >= 11 is 0. The molecule has 1 aromatic carbocycles. The molecule has 4 heteroatoms. The largest absolute Gasteiger partial charge is 0.439 e. The molecule has 4 N–H and O–H groups in total. The van der Waals surface area contributed by atoms with E-state index in [2.05, 4.69) is 4.99 Å². The van der Waals surface area contributed by atoms with Gasteiger partial charge in [0.05, 0.1) is 0 Å². The first-order valence-electron chi connectivity index (χ1n) is 6.29. The predicted molar refractivity (Wildman–Crippen MR) is 79.8 cm³/mol. The van der Waals surface area contributed by atoms with Crippen molar-refractivity contribution in [2.75, 3.05) is 0 Å². The molecule has 0 amide bonds. The summed E-state index contributed by atoms with van der Waals surface area (Å²) in [6.45, 7) is 4.35. The van der Waals surface area contributed by atoms with Gasteiger partial charge in [0.15, 0.2) is 0 Å². The Bertz CT molecular complexity index is 469. The number of nitrogens with two attached hydrogens (primary N) is 2. The number of allylic oxidation sites excluding steroid dienone is 2. The second kappa shape index (κ2) is 8.11. The van der Waals surface area contributed by atoms with Crippen LogP contribution >= 0.6 is 0 Å². The standard InChI is InChI=1S/C15H21N3O/c1-3-4-9-18-15(10-12(2)17)19-14-7-5-13(11-16)6-8-14/h4-10H,3,11,16-17H2,1-2H3/b9-4+,12-10+,18-15-. The van der Waals surface area contributed by atoms with E-state index in [1.54, 1.807) is 19.2 Å². The van der Waals surface area contributed by atoms with E-state index >= 15 is 0 Å². The van der Waals surface area contributed by atoms with Crippen molar-refractivity contribution in [3.05, 3.63) is 53.9 Å². The van der Waals surface area contributed by atoms with Crippen LogP contribution < -0.4 is 16.2 Å². The lowest BCUT2D eigenvalue weighted by molar-refractivity contribution is 0.554. The van der Waals surface area contributed by atoms with Crippen LogP contribution in [0.15, 0.2) is 53.3 Å². The molecule has 4 nitrogen and oxygen atoms in total. The maximum atomic E-state index is 5.67. The molecule has 0 bridgehead atoms. The number of nitrogens with zero attached hydrogens (tertiary/aromatic N) is 1. The zero-order valence-corrected chi connectivity index (χ0v) is 11.5. The summed E-state index contributed by atoms with van der Waals surface area (Å²) in [6, 6.07) is 7.57. The van der Waals surface area contributed by atoms with Crippen molar-refractivity contribution < 1.29 is 4.74 Å². The molecule has 0 aromatic heterocycles. The normalized spacial score (nSPS) is 13.0. The van der Waals surface area contributed by atoms with E-state index in [-0.39, 0.29) is 0 Å². The van der Waals surface area contributed by atoms with Gasteiger partial charge in [-0.25, -0.2) is 4.99 Å². The summed E-state index contributed by atoms with van der Waals surface area (Å²) in [7, 11) is 0. The Balaban J connectivity index is 2.84. The van der Waals surface area contributed by atoms with Gasteiger partial charge in [-0.3, -0.25) is 0 Å². The second-order valence-corrected chi connectivity index (χ2v) is 4.10. The monoisotopic (exact) mass is 259 g/mol. The van der Waals surface area contributed by atoms with E-state index < -0.39 is 0 Å². The maximum absolute atomic E-state index is 5.67. The summed E-state index contributed by atoms with van der Waals surface area (Å²) in [5.74, 6) is 1.17. The molecule has 102 valence electrons. The lowest BCUT2D eigenvalue weighted by atomic mass is 10.2. The van der Waals surface area contributed by atoms with Crippen LogP contribution in [0.4, 0.5) is 0 Å². The number of benzene rings is 1. The highest BCUT2D eigenvalue weighted by Crippen LogP contribution is 2.13. The third kappa shape index (κ3) is 5.88. The number of hydrogen-bond donors (Lipinski definition) is 2. The van der Waals surface area contributed by atoms with Crippen LogP contribution in [-0.4, -0.2) is 5.90 Å². The fourth-order valence-corrected chi connectivity index (χ4v) is 1.33. The van der Waals surface area contributed by atoms with Gasteiger partial charge in [-0.05, 0) is 31.0 Å². The minimum atomic E-state index is 0.463. The summed E-state index contributed by atoms with van der Waals surface area (Å²) in [5, 5.41) is 0. The Kier molecular flexibility index (Phi) is 6.39. The van der Waals surface area contributed by atoms with Crippen molar-refractivity contribution in [1.29, 1.82) is 0 Å². The van der Waals surface area contributed by atoms with Crippen LogP contribution in [0, 0.1) is 0 Å². The summed E-state index contributed by atoms with van der Waals surface area (Å²) in [6.07, 6.45) is 6.27. The molecule has 0 spiro atoms. The number of rotatable bonds is 5. The molecule has 0 atom stereocenters. The zero-order valence-electron chi connectivity index (χ0n) is 11.5. The van der Waals surface area contributed by atoms with Crippen molar-refractivity contribution in [3.63, 3.8) is 0 Å². The Labute approximate surface area is 114 Å². The molecule has 0 aliphatic carbocycles. The number of ether oxygens (including phenoxy) is 1. The van der Waals surface area contributed by atoms with E-state index in [1.165, 1.54) is 0 Å². The first kappa shape index (κ1) is 15.0. The predicted octanol–water partition coefficient (Wildman–Crippen LogP) is 2.71. The fraction of sp³-hybridized carbons (Fsp3) is 0.267. The van der Waals surface area contributed by atoms with Crippen LogP contribution in [0.5, 0.6) is 5.75 Å². The topological polar surface area (TPSA) is 73.6 Å². The molecule has 0 fully saturated rings. The maximum Gasteiger partial charge on any atom is 0.220 e. The molecule has 0 saturated carbocycles. The first-order chi connectivity index (χ1) is 9.15. The van der Waals surface area contributed by atoms with Gasteiger partial charge in [0.1, 0.15) is 5.75 Å². The summed E-state index contributed by atoms with van der Waals surface area (Å²) in [4.78, 5) is 4.22. The molecule has 1 rings (SSSR count). The van der Waals surface area contributed by atoms with Gasteiger partial charge in [0.2, 0.25) is 5.90 Å². The highest BCUT2D eigenvalue weighted by Gasteiger charge is 1.99. The van der Waals surface area contributed by atoms with Crippen molar-refractivity contribution in [1.82, 2.24) is 0 Å². The van der Waals surface area contributed by atoms with Gasteiger partial charge in [-0.2, -0.15) is 0 Å². The molecular weight excluding hydrogens is 238 g/mol. The number of aliphatic imine (C=N–C) groups is 1. The van der Waals surface area contributed by atoms with Gasteiger partial charge >= 0.3 is 0 Å². The number of hydrogen-bond acceptors (Lipinski definition) is 4. The Morgan fingerprint density at radius 3 is 2.53 bits per heavy atom. The van der Waals surface area contributed by atoms with Crippen LogP contribution in [0.25, 0.3) is 0 Å². The van der Waals surface area contributed by atoms with Gasteiger partial charge in [-0.15, -0.1) is 0 Å². The molecule has 0 aliphatic rings. The zero-order chi connectivity index (χ0) is 14.1. The average Bonchev–Trinajstić information content (AvgIpc) is 2.39. The van der Waals surface area contributed by atoms with Gasteiger partial charge < -0.3 is 16.2 Å². The third-order valence-corrected chi connectivity index (χ3v) is 2.28. The average molecular weight is 259 g/mol. The SMILES string of the molecule is CC/C=C/N=C(/C=C(\C)N)Oc1ccc(CN)cc1. The highest BCUT2D eigenvalue weighted by atomic mass is 16.5. The Morgan fingerprint density at radius 2 is 2.00 bits per heavy atom. The van der Waals surface area contributed by atoms with Gasteiger partial charge in [-0.1, -0.05) is 25.1 Å². The first-order valence-corrected chi connectivity index (χ1v) is 6.29. The van der Waals surface area contributed by atoms with Crippen LogP contribution in [0.2, 0.25) is 0 Å². The van der Waals surface area contributed by atoms with Crippen LogP contribution in [0.3, 0.4) is 0 Å². The summed E-state index contributed by atoms with van der Waals surface area (Å²) < 4.78 is 5.67. The molecule has 0 radical (unpaired) electrons. The van der Waals surface area contributed by atoms with Crippen LogP contribution in [0.1, 0.15) is 25.8 Å². The van der Waals surface area contributed by atoms with E-state index in [9.17, 15) is 0 Å². The second-order valence-electron chi connectivity index (χ2n) is 4.10. The molecule has 0 saturated heterocycles. The lowest BCUT2D eigenvalue weighted by Gasteiger charge is -2.06. The highest BCUT2D eigenvalue weighted by molar-refractivity contribution is 5.90. The quantitative estimate of drug-likeness (QED) is 0.630. The molecule has 1 aromatic rings. The minimum absolute atomic E-state index is 0.463. The molecule has 0 unspecified atom stereocenters. The van der Waals surface area contributed by atoms with Crippen molar-refractivity contribution in [2.24, 2.45) is 16.5 Å². The lowest BCUT2D eigenvalue weighted by Crippen LogP contribution is -2.08. The van der Waals surface area contributed by atoms with E-state index in [1.807, 2.05) is 37.3 Å². The minimum Gasteiger partial charge on any atom is -0.439 e. The molecule has 19 heavy (non-hydrogen) atoms. The van der Waals surface area contributed by atoms with Crippen molar-refractivity contribution in [2.45, 2.75) is 26.8 Å². The van der Waals surface area contributed by atoms with E-state index in [0.29, 0.717) is 23.9 Å². The van der Waals surface area contributed by atoms with Crippen molar-refractivity contribution in [3.8, 4) is 5.75 Å². The van der Waals surface area contributed by atoms with Gasteiger partial charge in [0, 0.05) is 24.5 Å². The van der Waals surface area contributed by atoms with E-state index in [4.69, 9.17) is 16.2 Å². The molecular formula is C15H21N3O. The summed E-state index contributed by atoms with van der Waals surface area (Å²) in [5.41, 5.74) is 12.9. The Morgan fingerprint density at radius 1 is 1.32 bits per heavy atom. The van der Waals surface area contributed by atoms with E-state index in [0.717, 1.165) is 12.0 Å².